The first-order chi connectivity index (χ1) is 7.95. The van der Waals surface area contributed by atoms with Crippen molar-refractivity contribution in [2.75, 3.05) is 12.8 Å². The molecule has 0 aromatic carbocycles. The van der Waals surface area contributed by atoms with Gasteiger partial charge in [0.15, 0.2) is 0 Å². The van der Waals surface area contributed by atoms with E-state index in [9.17, 15) is 9.59 Å². The number of aromatic nitrogens is 1. The molecule has 1 atom stereocenters. The molecule has 1 rings (SSSR count). The molecule has 0 aliphatic heterocycles. The van der Waals surface area contributed by atoms with Gasteiger partial charge < -0.3 is 16.4 Å². The number of nitrogens with two attached hydrogens (primary N) is 1. The average molecular weight is 236 g/mol. The Balaban J connectivity index is 2.83. The number of aryl methyl sites for hydroxylation is 1. The molecule has 0 fully saturated rings. The zero-order valence-electron chi connectivity index (χ0n) is 10.1. The highest BCUT2D eigenvalue weighted by atomic mass is 16.2. The van der Waals surface area contributed by atoms with Crippen molar-refractivity contribution >= 4 is 17.5 Å². The third kappa shape index (κ3) is 3.17. The number of anilines is 1. The molecule has 92 valence electrons. The van der Waals surface area contributed by atoms with E-state index >= 15 is 0 Å². The van der Waals surface area contributed by atoms with E-state index in [4.69, 9.17) is 5.73 Å². The first-order valence-electron chi connectivity index (χ1n) is 5.20. The summed E-state index contributed by atoms with van der Waals surface area (Å²) >= 11 is 0. The minimum absolute atomic E-state index is 0.257. The van der Waals surface area contributed by atoms with E-state index in [1.807, 2.05) is 0 Å². The largest absolute Gasteiger partial charge is 0.397 e. The fourth-order valence-corrected chi connectivity index (χ4v) is 1.34. The molecular weight excluding hydrogens is 220 g/mol. The minimum atomic E-state index is -0.603. The number of carbonyl (C=O) groups excluding carboxylic acids is 2. The summed E-state index contributed by atoms with van der Waals surface area (Å²) in [5, 5.41) is 5.02. The van der Waals surface area contributed by atoms with E-state index in [1.54, 1.807) is 13.8 Å². The number of nitrogen functional groups attached to an aromatic ring is 1. The molecule has 1 aromatic rings. The standard InChI is InChI=1S/C11H16N4O2/c1-6-9(4-8(12)5-14-6)11(17)15-7(2)10(16)13-3/h4-5,7H,12H2,1-3H3,(H,13,16)(H,15,17). The summed E-state index contributed by atoms with van der Waals surface area (Å²) in [5.74, 6) is -0.619. The Morgan fingerprint density at radius 1 is 1.47 bits per heavy atom. The molecule has 1 aromatic heterocycles. The van der Waals surface area contributed by atoms with Crippen LogP contribution in [0.4, 0.5) is 5.69 Å². The molecule has 0 aliphatic carbocycles. The third-order valence-corrected chi connectivity index (χ3v) is 2.34. The Bertz CT molecular complexity index is 445. The van der Waals surface area contributed by atoms with Gasteiger partial charge in [0.1, 0.15) is 6.04 Å². The van der Waals surface area contributed by atoms with Crippen LogP contribution in [0.1, 0.15) is 23.0 Å². The highest BCUT2D eigenvalue weighted by Crippen LogP contribution is 2.09. The summed E-state index contributed by atoms with van der Waals surface area (Å²) in [4.78, 5) is 27.1. The lowest BCUT2D eigenvalue weighted by Gasteiger charge is -2.13. The topological polar surface area (TPSA) is 97.1 Å². The van der Waals surface area contributed by atoms with Crippen molar-refractivity contribution < 1.29 is 9.59 Å². The van der Waals surface area contributed by atoms with Crippen LogP contribution in [0.15, 0.2) is 12.3 Å². The van der Waals surface area contributed by atoms with Crippen molar-refractivity contribution in [1.29, 1.82) is 0 Å². The summed E-state index contributed by atoms with van der Waals surface area (Å²) < 4.78 is 0. The number of nitrogens with zero attached hydrogens (tertiary/aromatic N) is 1. The molecule has 6 nitrogen and oxygen atoms in total. The molecule has 2 amide bonds. The van der Waals surface area contributed by atoms with Crippen LogP contribution in [-0.4, -0.2) is 29.9 Å². The van der Waals surface area contributed by atoms with E-state index < -0.39 is 6.04 Å². The normalized spacial score (nSPS) is 11.7. The van der Waals surface area contributed by atoms with Gasteiger partial charge in [0, 0.05) is 7.05 Å². The number of hydrogen-bond donors (Lipinski definition) is 3. The lowest BCUT2D eigenvalue weighted by molar-refractivity contribution is -0.122. The fraction of sp³-hybridized carbons (Fsp3) is 0.364. The first kappa shape index (κ1) is 13.0. The van der Waals surface area contributed by atoms with E-state index in [0.29, 0.717) is 16.9 Å². The van der Waals surface area contributed by atoms with Gasteiger partial charge in [0.2, 0.25) is 5.91 Å². The van der Waals surface area contributed by atoms with Gasteiger partial charge in [0.05, 0.1) is 23.1 Å². The van der Waals surface area contributed by atoms with Crippen LogP contribution in [0.3, 0.4) is 0 Å². The summed E-state index contributed by atoms with van der Waals surface area (Å²) in [5.41, 5.74) is 6.92. The second-order valence-corrected chi connectivity index (χ2v) is 3.71. The SMILES string of the molecule is CNC(=O)C(C)NC(=O)c1cc(N)cnc1C. The monoisotopic (exact) mass is 236 g/mol. The Morgan fingerprint density at radius 3 is 2.71 bits per heavy atom. The zero-order valence-corrected chi connectivity index (χ0v) is 10.1. The molecule has 0 radical (unpaired) electrons. The summed E-state index contributed by atoms with van der Waals surface area (Å²) in [7, 11) is 1.51. The van der Waals surface area contributed by atoms with E-state index in [2.05, 4.69) is 15.6 Å². The maximum atomic E-state index is 11.9. The molecular formula is C11H16N4O2. The Hall–Kier alpha value is -2.11. The van der Waals surface area contributed by atoms with Crippen LogP contribution < -0.4 is 16.4 Å². The van der Waals surface area contributed by atoms with Gasteiger partial charge in [-0.25, -0.2) is 0 Å². The highest BCUT2D eigenvalue weighted by Gasteiger charge is 2.17. The smallest absolute Gasteiger partial charge is 0.253 e. The summed E-state index contributed by atoms with van der Waals surface area (Å²) in [6, 6.07) is 0.933. The Labute approximate surface area is 99.6 Å². The van der Waals surface area contributed by atoms with Gasteiger partial charge in [-0.05, 0) is 19.9 Å². The number of nitrogens with one attached hydrogen (secondary N) is 2. The average Bonchev–Trinajstić information content (AvgIpc) is 2.30. The quantitative estimate of drug-likeness (QED) is 0.679. The number of pyridine rings is 1. The van der Waals surface area contributed by atoms with Crippen LogP contribution in [0, 0.1) is 6.92 Å². The van der Waals surface area contributed by atoms with Crippen molar-refractivity contribution in [2.24, 2.45) is 0 Å². The lowest BCUT2D eigenvalue weighted by Crippen LogP contribution is -2.43. The van der Waals surface area contributed by atoms with Crippen molar-refractivity contribution in [3.05, 3.63) is 23.5 Å². The first-order valence-corrected chi connectivity index (χ1v) is 5.20. The fourth-order valence-electron chi connectivity index (χ4n) is 1.34. The van der Waals surface area contributed by atoms with Crippen molar-refractivity contribution in [3.8, 4) is 0 Å². The number of hydrogen-bond acceptors (Lipinski definition) is 4. The van der Waals surface area contributed by atoms with Crippen molar-refractivity contribution in [1.82, 2.24) is 15.6 Å². The molecule has 1 heterocycles. The van der Waals surface area contributed by atoms with Crippen LogP contribution in [-0.2, 0) is 4.79 Å². The minimum Gasteiger partial charge on any atom is -0.397 e. The predicted molar refractivity (Wildman–Crippen MR) is 64.4 cm³/mol. The van der Waals surface area contributed by atoms with E-state index in [-0.39, 0.29) is 11.8 Å². The third-order valence-electron chi connectivity index (χ3n) is 2.34. The molecule has 0 saturated heterocycles. The second-order valence-electron chi connectivity index (χ2n) is 3.71. The number of amides is 2. The maximum Gasteiger partial charge on any atom is 0.253 e. The number of likely N-dealkylation sites (N-methyl/N-ethyl adjacent to an activating group) is 1. The molecule has 17 heavy (non-hydrogen) atoms. The van der Waals surface area contributed by atoms with E-state index in [1.165, 1.54) is 19.3 Å². The van der Waals surface area contributed by atoms with Gasteiger partial charge in [-0.15, -0.1) is 0 Å². The van der Waals surface area contributed by atoms with Gasteiger partial charge in [-0.3, -0.25) is 14.6 Å². The van der Waals surface area contributed by atoms with Crippen LogP contribution in [0.2, 0.25) is 0 Å². The highest BCUT2D eigenvalue weighted by molar-refractivity contribution is 5.98. The molecule has 0 bridgehead atoms. The van der Waals surface area contributed by atoms with Crippen molar-refractivity contribution in [2.45, 2.75) is 19.9 Å². The van der Waals surface area contributed by atoms with Gasteiger partial charge >= 0.3 is 0 Å². The summed E-state index contributed by atoms with van der Waals surface area (Å²) in [6.07, 6.45) is 1.48. The molecule has 0 saturated carbocycles. The van der Waals surface area contributed by atoms with Crippen molar-refractivity contribution in [3.63, 3.8) is 0 Å². The van der Waals surface area contributed by atoms with Gasteiger partial charge in [-0.2, -0.15) is 0 Å². The van der Waals surface area contributed by atoms with E-state index in [0.717, 1.165) is 0 Å². The molecule has 0 spiro atoms. The Morgan fingerprint density at radius 2 is 2.12 bits per heavy atom. The Kier molecular flexibility index (Phi) is 4.03. The predicted octanol–water partition coefficient (Wildman–Crippen LogP) is -0.163. The number of rotatable bonds is 3. The zero-order chi connectivity index (χ0) is 13.0. The second kappa shape index (κ2) is 5.29. The van der Waals surface area contributed by atoms with Gasteiger partial charge in [-0.1, -0.05) is 0 Å². The number of carbonyl (C=O) groups is 2. The van der Waals surface area contributed by atoms with Gasteiger partial charge in [0.25, 0.3) is 5.91 Å². The van der Waals surface area contributed by atoms with Crippen LogP contribution in [0.25, 0.3) is 0 Å². The maximum absolute atomic E-state index is 11.9. The van der Waals surface area contributed by atoms with Crippen LogP contribution >= 0.6 is 0 Å². The lowest BCUT2D eigenvalue weighted by atomic mass is 10.1. The summed E-state index contributed by atoms with van der Waals surface area (Å²) in [6.45, 7) is 3.31. The molecule has 0 aliphatic rings. The molecule has 6 heteroatoms. The molecule has 4 N–H and O–H groups in total. The van der Waals surface area contributed by atoms with Crippen LogP contribution in [0.5, 0.6) is 0 Å². The molecule has 1 unspecified atom stereocenters.